The summed E-state index contributed by atoms with van der Waals surface area (Å²) >= 11 is 0. The first-order valence-corrected chi connectivity index (χ1v) is 33.6. The Morgan fingerprint density at radius 3 is 0.675 bits per heavy atom. The molecule has 0 aliphatic rings. The van der Waals surface area contributed by atoms with Gasteiger partial charge in [0.25, 0.3) is 0 Å². The van der Waals surface area contributed by atoms with E-state index in [1.807, 2.05) is 0 Å². The maximum Gasteiger partial charge on any atom is 0.306 e. The van der Waals surface area contributed by atoms with Crippen LogP contribution in [0.1, 0.15) is 278 Å². The first kappa shape index (κ1) is 77.8. The predicted molar refractivity (Wildman–Crippen MR) is 361 cm³/mol. The number of ether oxygens (including phenoxy) is 3. The number of hydrogen-bond acceptors (Lipinski definition) is 6. The average Bonchev–Trinajstić information content (AvgIpc) is 3.49. The third-order valence-corrected chi connectivity index (χ3v) is 13.7. The Morgan fingerprint density at radius 2 is 0.434 bits per heavy atom. The van der Waals surface area contributed by atoms with Crippen molar-refractivity contribution in [2.45, 2.75) is 284 Å². The molecule has 0 amide bonds. The lowest BCUT2D eigenvalue weighted by Crippen LogP contribution is -2.30. The fourth-order valence-corrected chi connectivity index (χ4v) is 8.78. The largest absolute Gasteiger partial charge is 0.462 e. The molecule has 1 unspecified atom stereocenters. The molecule has 0 spiro atoms. The molecule has 83 heavy (non-hydrogen) atoms. The molecular formula is C77H122O6. The smallest absolute Gasteiger partial charge is 0.306 e. The van der Waals surface area contributed by atoms with Crippen molar-refractivity contribution >= 4 is 17.9 Å². The van der Waals surface area contributed by atoms with Crippen molar-refractivity contribution in [3.05, 3.63) is 170 Å². The summed E-state index contributed by atoms with van der Waals surface area (Å²) in [6, 6.07) is 0. The number of carbonyl (C=O) groups is 3. The zero-order valence-electron chi connectivity index (χ0n) is 53.4. The first-order valence-electron chi connectivity index (χ1n) is 33.6. The molecule has 0 aromatic heterocycles. The Hall–Kier alpha value is -5.23. The van der Waals surface area contributed by atoms with Gasteiger partial charge in [0.15, 0.2) is 6.10 Å². The van der Waals surface area contributed by atoms with E-state index in [9.17, 15) is 14.4 Å². The topological polar surface area (TPSA) is 78.9 Å². The summed E-state index contributed by atoms with van der Waals surface area (Å²) in [6.45, 7) is 6.26. The van der Waals surface area contributed by atoms with Gasteiger partial charge in [0, 0.05) is 19.3 Å². The highest BCUT2D eigenvalue weighted by Crippen LogP contribution is 2.15. The van der Waals surface area contributed by atoms with E-state index in [2.05, 4.69) is 191 Å². The molecule has 0 saturated carbocycles. The summed E-state index contributed by atoms with van der Waals surface area (Å²) in [6.07, 6.45) is 102. The van der Waals surface area contributed by atoms with Gasteiger partial charge in [0.1, 0.15) is 13.2 Å². The van der Waals surface area contributed by atoms with Crippen LogP contribution < -0.4 is 0 Å². The summed E-state index contributed by atoms with van der Waals surface area (Å²) in [5, 5.41) is 0. The Bertz CT molecular complexity index is 1890. The van der Waals surface area contributed by atoms with Crippen LogP contribution in [-0.2, 0) is 28.6 Å². The lowest BCUT2D eigenvalue weighted by molar-refractivity contribution is -0.167. The van der Waals surface area contributed by atoms with Crippen molar-refractivity contribution in [1.29, 1.82) is 0 Å². The molecule has 1 atom stereocenters. The molecule has 0 heterocycles. The highest BCUT2D eigenvalue weighted by molar-refractivity contribution is 5.71. The van der Waals surface area contributed by atoms with Gasteiger partial charge in [-0.3, -0.25) is 14.4 Å². The fourth-order valence-electron chi connectivity index (χ4n) is 8.78. The standard InChI is InChI=1S/C77H122O6/c1-4-7-10-13-16-19-22-25-28-31-33-35-37-38-40-41-43-46-49-52-55-58-61-64-67-70-76(79)82-73-74(72-81-75(78)69-66-63-60-57-54-51-48-45-30-27-24-21-18-15-12-9-6-3)83-77(80)71-68-65-62-59-56-53-50-47-44-42-39-36-34-32-29-26-23-20-17-14-11-8-5-2/h7-12,16-21,25-30,33-36,42,44,48,50-51,53,74H,4-6,13-15,22-24,31-32,37-41,43,45-47,49,52,54-73H2,1-3H3/b10-7-,11-8-,12-9-,19-16-,20-17-,21-18-,28-25-,29-26-,30-27-,35-33-,36-34-,44-42-,51-48-,53-50-. The Kier molecular flexibility index (Phi) is 64.9. The van der Waals surface area contributed by atoms with Gasteiger partial charge < -0.3 is 14.2 Å². The second kappa shape index (κ2) is 69.3. The van der Waals surface area contributed by atoms with Gasteiger partial charge in [-0.25, -0.2) is 0 Å². The van der Waals surface area contributed by atoms with Gasteiger partial charge in [-0.15, -0.1) is 0 Å². The highest BCUT2D eigenvalue weighted by Gasteiger charge is 2.19. The van der Waals surface area contributed by atoms with Crippen LogP contribution >= 0.6 is 0 Å². The van der Waals surface area contributed by atoms with E-state index < -0.39 is 6.10 Å². The summed E-state index contributed by atoms with van der Waals surface area (Å²) < 4.78 is 16.9. The molecule has 0 bridgehead atoms. The first-order chi connectivity index (χ1) is 41.0. The van der Waals surface area contributed by atoms with Crippen LogP contribution in [0.25, 0.3) is 0 Å². The molecule has 0 fully saturated rings. The van der Waals surface area contributed by atoms with E-state index in [1.165, 1.54) is 64.2 Å². The van der Waals surface area contributed by atoms with Crippen LogP contribution in [0.2, 0.25) is 0 Å². The Labute approximate surface area is 511 Å². The SMILES string of the molecule is CC/C=C\C/C=C\C/C=C\C/C=C\C/C=C\C/C=C\CCCCCCC(=O)OC(COC(=O)CCCCCC/C=C\C/C=C\C/C=C\C/C=C\CC)COC(=O)CCCCCCCCCCCCCC/C=C\C/C=C\C/C=C\C/C=C\CC. The second-order valence-electron chi connectivity index (χ2n) is 21.6. The number of rotatable bonds is 59. The number of allylic oxidation sites excluding steroid dienone is 28. The van der Waals surface area contributed by atoms with Crippen molar-refractivity contribution in [3.8, 4) is 0 Å². The van der Waals surface area contributed by atoms with Crippen molar-refractivity contribution < 1.29 is 28.6 Å². The van der Waals surface area contributed by atoms with Crippen LogP contribution in [0, 0.1) is 0 Å². The molecule has 0 rings (SSSR count). The van der Waals surface area contributed by atoms with Crippen LogP contribution in [-0.4, -0.2) is 37.2 Å². The molecule has 0 aliphatic carbocycles. The van der Waals surface area contributed by atoms with Gasteiger partial charge in [-0.05, 0) is 148 Å². The minimum Gasteiger partial charge on any atom is -0.462 e. The van der Waals surface area contributed by atoms with Crippen LogP contribution in [0.5, 0.6) is 0 Å². The molecule has 0 aromatic rings. The maximum absolute atomic E-state index is 12.9. The highest BCUT2D eigenvalue weighted by atomic mass is 16.6. The lowest BCUT2D eigenvalue weighted by atomic mass is 10.0. The average molecular weight is 1140 g/mol. The van der Waals surface area contributed by atoms with E-state index >= 15 is 0 Å². The van der Waals surface area contributed by atoms with Crippen molar-refractivity contribution in [3.63, 3.8) is 0 Å². The molecule has 0 aromatic carbocycles. The quantitative estimate of drug-likeness (QED) is 0.0261. The number of unbranched alkanes of at least 4 members (excludes halogenated alkanes) is 20. The van der Waals surface area contributed by atoms with Crippen LogP contribution in [0.15, 0.2) is 170 Å². The molecule has 6 heteroatoms. The van der Waals surface area contributed by atoms with Crippen LogP contribution in [0.3, 0.4) is 0 Å². The van der Waals surface area contributed by atoms with E-state index in [-0.39, 0.29) is 37.5 Å². The minimum absolute atomic E-state index is 0.105. The molecular weight excluding hydrogens is 1020 g/mol. The molecule has 6 nitrogen and oxygen atoms in total. The molecule has 466 valence electrons. The fraction of sp³-hybridized carbons (Fsp3) is 0.597. The normalized spacial score (nSPS) is 13.2. The van der Waals surface area contributed by atoms with Gasteiger partial charge in [0.05, 0.1) is 0 Å². The van der Waals surface area contributed by atoms with E-state index in [0.29, 0.717) is 12.8 Å². The third-order valence-electron chi connectivity index (χ3n) is 13.7. The lowest BCUT2D eigenvalue weighted by Gasteiger charge is -2.18. The van der Waals surface area contributed by atoms with E-state index in [1.54, 1.807) is 0 Å². The van der Waals surface area contributed by atoms with Gasteiger partial charge in [-0.1, -0.05) is 281 Å². The predicted octanol–water partition coefficient (Wildman–Crippen LogP) is 23.4. The van der Waals surface area contributed by atoms with Gasteiger partial charge in [0.2, 0.25) is 0 Å². The maximum atomic E-state index is 12.9. The van der Waals surface area contributed by atoms with Crippen molar-refractivity contribution in [1.82, 2.24) is 0 Å². The van der Waals surface area contributed by atoms with Crippen molar-refractivity contribution in [2.24, 2.45) is 0 Å². The number of hydrogen-bond donors (Lipinski definition) is 0. The monoisotopic (exact) mass is 1140 g/mol. The van der Waals surface area contributed by atoms with Gasteiger partial charge in [-0.2, -0.15) is 0 Å². The third kappa shape index (κ3) is 67.4. The second-order valence-corrected chi connectivity index (χ2v) is 21.6. The molecule has 0 aliphatic heterocycles. The number of carbonyl (C=O) groups excluding carboxylic acids is 3. The summed E-state index contributed by atoms with van der Waals surface area (Å²) in [5.74, 6) is -0.957. The Morgan fingerprint density at radius 1 is 0.241 bits per heavy atom. The van der Waals surface area contributed by atoms with E-state index in [0.717, 1.165) is 173 Å². The molecule has 0 N–H and O–H groups in total. The van der Waals surface area contributed by atoms with Gasteiger partial charge >= 0.3 is 17.9 Å². The number of esters is 3. The van der Waals surface area contributed by atoms with Crippen molar-refractivity contribution in [2.75, 3.05) is 13.2 Å². The Balaban J connectivity index is 4.48. The summed E-state index contributed by atoms with van der Waals surface area (Å²) in [4.78, 5) is 38.4. The molecule has 0 radical (unpaired) electrons. The van der Waals surface area contributed by atoms with Crippen LogP contribution in [0.4, 0.5) is 0 Å². The van der Waals surface area contributed by atoms with E-state index in [4.69, 9.17) is 14.2 Å². The minimum atomic E-state index is -0.814. The zero-order valence-corrected chi connectivity index (χ0v) is 53.4. The molecule has 0 saturated heterocycles. The zero-order chi connectivity index (χ0) is 59.9. The summed E-state index contributed by atoms with van der Waals surface area (Å²) in [7, 11) is 0. The summed E-state index contributed by atoms with van der Waals surface area (Å²) in [5.41, 5.74) is 0.